The lowest BCUT2D eigenvalue weighted by molar-refractivity contribution is -0.133. The summed E-state index contributed by atoms with van der Waals surface area (Å²) in [6.45, 7) is 3.72. The first-order valence-electron chi connectivity index (χ1n) is 6.62. The molecule has 0 bridgehead atoms. The van der Waals surface area contributed by atoms with Gasteiger partial charge in [-0.3, -0.25) is 9.59 Å². The SMILES string of the molecule is Cc1ccc(NC(=O)C(=O)Nc2ccc(F)c(F)c2F)cc1C. The normalized spacial score (nSPS) is 10.3. The van der Waals surface area contributed by atoms with Crippen LogP contribution in [0.25, 0.3) is 0 Å². The summed E-state index contributed by atoms with van der Waals surface area (Å²) in [6, 6.07) is 6.51. The second-order valence-electron chi connectivity index (χ2n) is 4.93. The number of aryl methyl sites for hydroxylation is 2. The predicted molar refractivity (Wildman–Crippen MR) is 79.5 cm³/mol. The van der Waals surface area contributed by atoms with Gasteiger partial charge in [0, 0.05) is 5.69 Å². The number of carbonyl (C=O) groups excluding carboxylic acids is 2. The molecule has 2 rings (SSSR count). The molecular formula is C16H13F3N2O2. The quantitative estimate of drug-likeness (QED) is 0.658. The molecule has 23 heavy (non-hydrogen) atoms. The van der Waals surface area contributed by atoms with E-state index in [0.717, 1.165) is 17.2 Å². The molecule has 0 radical (unpaired) electrons. The maximum Gasteiger partial charge on any atom is 0.314 e. The molecule has 0 aliphatic rings. The van der Waals surface area contributed by atoms with Crippen molar-refractivity contribution in [1.82, 2.24) is 0 Å². The van der Waals surface area contributed by atoms with E-state index in [4.69, 9.17) is 0 Å². The average molecular weight is 322 g/mol. The van der Waals surface area contributed by atoms with Crippen LogP contribution >= 0.6 is 0 Å². The van der Waals surface area contributed by atoms with Gasteiger partial charge in [0.05, 0.1) is 5.69 Å². The van der Waals surface area contributed by atoms with Gasteiger partial charge in [-0.25, -0.2) is 13.2 Å². The van der Waals surface area contributed by atoms with Crippen LogP contribution in [0.1, 0.15) is 11.1 Å². The summed E-state index contributed by atoms with van der Waals surface area (Å²) in [5, 5.41) is 4.23. The molecule has 0 heterocycles. The van der Waals surface area contributed by atoms with Gasteiger partial charge >= 0.3 is 11.8 Å². The summed E-state index contributed by atoms with van der Waals surface area (Å²) >= 11 is 0. The molecule has 4 nitrogen and oxygen atoms in total. The number of anilines is 2. The topological polar surface area (TPSA) is 58.2 Å². The Hall–Kier alpha value is -2.83. The van der Waals surface area contributed by atoms with Crippen molar-refractivity contribution in [2.75, 3.05) is 10.6 Å². The lowest BCUT2D eigenvalue weighted by atomic mass is 10.1. The first-order valence-corrected chi connectivity index (χ1v) is 6.62. The van der Waals surface area contributed by atoms with E-state index in [1.54, 1.807) is 18.2 Å². The molecule has 120 valence electrons. The number of hydrogen-bond donors (Lipinski definition) is 2. The van der Waals surface area contributed by atoms with Crippen molar-refractivity contribution >= 4 is 23.2 Å². The standard InChI is InChI=1S/C16H13F3N2O2/c1-8-3-4-10(7-9(8)2)20-15(22)16(23)21-12-6-5-11(17)13(18)14(12)19/h3-7H,1-2H3,(H,20,22)(H,21,23). The van der Waals surface area contributed by atoms with E-state index in [9.17, 15) is 22.8 Å². The number of carbonyl (C=O) groups is 2. The van der Waals surface area contributed by atoms with Gasteiger partial charge < -0.3 is 10.6 Å². The highest BCUT2D eigenvalue weighted by molar-refractivity contribution is 6.43. The monoisotopic (exact) mass is 322 g/mol. The van der Waals surface area contributed by atoms with Gasteiger partial charge in [-0.2, -0.15) is 0 Å². The number of hydrogen-bond acceptors (Lipinski definition) is 2. The molecule has 2 amide bonds. The third kappa shape index (κ3) is 3.68. The lowest BCUT2D eigenvalue weighted by Crippen LogP contribution is -2.29. The minimum atomic E-state index is -1.72. The Morgan fingerprint density at radius 3 is 2.13 bits per heavy atom. The number of benzene rings is 2. The summed E-state index contributed by atoms with van der Waals surface area (Å²) < 4.78 is 39.3. The van der Waals surface area contributed by atoms with Crippen molar-refractivity contribution in [2.24, 2.45) is 0 Å². The fourth-order valence-electron chi connectivity index (χ4n) is 1.81. The highest BCUT2D eigenvalue weighted by Crippen LogP contribution is 2.20. The van der Waals surface area contributed by atoms with Crippen molar-refractivity contribution in [3.05, 3.63) is 58.9 Å². The maximum atomic E-state index is 13.4. The smallest absolute Gasteiger partial charge is 0.314 e. The molecule has 0 saturated carbocycles. The van der Waals surface area contributed by atoms with E-state index >= 15 is 0 Å². The molecule has 7 heteroatoms. The number of amides is 2. The van der Waals surface area contributed by atoms with Crippen LogP contribution in [0.5, 0.6) is 0 Å². The van der Waals surface area contributed by atoms with Gasteiger partial charge in [-0.15, -0.1) is 0 Å². The summed E-state index contributed by atoms with van der Waals surface area (Å²) in [5.41, 5.74) is 1.69. The highest BCUT2D eigenvalue weighted by atomic mass is 19.2. The van der Waals surface area contributed by atoms with Gasteiger partial charge in [0.25, 0.3) is 0 Å². The van der Waals surface area contributed by atoms with Crippen molar-refractivity contribution < 1.29 is 22.8 Å². The number of rotatable bonds is 2. The van der Waals surface area contributed by atoms with Crippen LogP contribution in [0.2, 0.25) is 0 Å². The van der Waals surface area contributed by atoms with Gasteiger partial charge in [0.2, 0.25) is 0 Å². The van der Waals surface area contributed by atoms with E-state index < -0.39 is 35.0 Å². The van der Waals surface area contributed by atoms with Gasteiger partial charge in [0.15, 0.2) is 17.5 Å². The van der Waals surface area contributed by atoms with E-state index in [2.05, 4.69) is 5.32 Å². The average Bonchev–Trinajstić information content (AvgIpc) is 2.51. The largest absolute Gasteiger partial charge is 0.318 e. The van der Waals surface area contributed by atoms with E-state index in [0.29, 0.717) is 11.8 Å². The van der Waals surface area contributed by atoms with E-state index in [-0.39, 0.29) is 0 Å². The van der Waals surface area contributed by atoms with Crippen molar-refractivity contribution in [2.45, 2.75) is 13.8 Å². The molecule has 0 aromatic heterocycles. The lowest BCUT2D eigenvalue weighted by Gasteiger charge is -2.09. The van der Waals surface area contributed by atoms with Crippen LogP contribution in [0.3, 0.4) is 0 Å². The Morgan fingerprint density at radius 2 is 1.48 bits per heavy atom. The number of nitrogens with one attached hydrogen (secondary N) is 2. The zero-order valence-electron chi connectivity index (χ0n) is 12.3. The maximum absolute atomic E-state index is 13.4. The Balaban J connectivity index is 2.10. The molecule has 0 aliphatic heterocycles. The summed E-state index contributed by atoms with van der Waals surface area (Å²) in [4.78, 5) is 23.5. The summed E-state index contributed by atoms with van der Waals surface area (Å²) in [6.07, 6.45) is 0. The first-order chi connectivity index (χ1) is 10.8. The molecule has 0 saturated heterocycles. The minimum Gasteiger partial charge on any atom is -0.318 e. The van der Waals surface area contributed by atoms with Gasteiger partial charge in [0.1, 0.15) is 0 Å². The van der Waals surface area contributed by atoms with E-state index in [1.165, 1.54) is 0 Å². The zero-order chi connectivity index (χ0) is 17.1. The van der Waals surface area contributed by atoms with Crippen molar-refractivity contribution in [1.29, 1.82) is 0 Å². The molecule has 0 unspecified atom stereocenters. The van der Waals surface area contributed by atoms with Crippen LogP contribution in [-0.4, -0.2) is 11.8 Å². The molecule has 2 N–H and O–H groups in total. The Labute approximate surface area is 130 Å². The second-order valence-corrected chi connectivity index (χ2v) is 4.93. The summed E-state index contributed by atoms with van der Waals surface area (Å²) in [7, 11) is 0. The Bertz CT molecular complexity index is 791. The molecular weight excluding hydrogens is 309 g/mol. The minimum absolute atomic E-state index is 0.388. The van der Waals surface area contributed by atoms with Crippen LogP contribution in [-0.2, 0) is 9.59 Å². The molecule has 0 spiro atoms. The Kier molecular flexibility index (Phi) is 4.68. The second kappa shape index (κ2) is 6.51. The van der Waals surface area contributed by atoms with Crippen LogP contribution in [0.4, 0.5) is 24.5 Å². The molecule has 2 aromatic rings. The zero-order valence-corrected chi connectivity index (χ0v) is 12.3. The molecule has 0 aliphatic carbocycles. The van der Waals surface area contributed by atoms with Crippen molar-refractivity contribution in [3.63, 3.8) is 0 Å². The van der Waals surface area contributed by atoms with Crippen molar-refractivity contribution in [3.8, 4) is 0 Å². The third-order valence-electron chi connectivity index (χ3n) is 3.25. The third-order valence-corrected chi connectivity index (χ3v) is 3.25. The van der Waals surface area contributed by atoms with Crippen LogP contribution in [0, 0.1) is 31.3 Å². The fourth-order valence-corrected chi connectivity index (χ4v) is 1.81. The Morgan fingerprint density at radius 1 is 0.826 bits per heavy atom. The van der Waals surface area contributed by atoms with Crippen LogP contribution < -0.4 is 10.6 Å². The van der Waals surface area contributed by atoms with Gasteiger partial charge in [-0.05, 0) is 49.2 Å². The molecule has 0 fully saturated rings. The predicted octanol–water partition coefficient (Wildman–Crippen LogP) is 3.30. The summed E-state index contributed by atoms with van der Waals surface area (Å²) in [5.74, 6) is -6.94. The number of halogens is 3. The first kappa shape index (κ1) is 16.5. The molecule has 0 atom stereocenters. The highest BCUT2D eigenvalue weighted by Gasteiger charge is 2.19. The fraction of sp³-hybridized carbons (Fsp3) is 0.125. The van der Waals surface area contributed by atoms with Gasteiger partial charge in [-0.1, -0.05) is 6.07 Å². The molecule has 2 aromatic carbocycles. The van der Waals surface area contributed by atoms with Crippen LogP contribution in [0.15, 0.2) is 30.3 Å². The van der Waals surface area contributed by atoms with E-state index in [1.807, 2.05) is 19.2 Å².